The monoisotopic (exact) mass is 409 g/mol. The van der Waals surface area contributed by atoms with Gasteiger partial charge in [0.05, 0.1) is 11.9 Å². The molecule has 2 aromatic heterocycles. The van der Waals surface area contributed by atoms with Gasteiger partial charge in [-0.2, -0.15) is 0 Å². The molecule has 0 saturated carbocycles. The molecule has 0 unspecified atom stereocenters. The average molecular weight is 409 g/mol. The Kier molecular flexibility index (Phi) is 5.07. The maximum Gasteiger partial charge on any atom is 0.221 e. The van der Waals surface area contributed by atoms with Crippen molar-refractivity contribution in [2.45, 2.75) is 6.61 Å². The van der Waals surface area contributed by atoms with Gasteiger partial charge < -0.3 is 15.0 Å². The van der Waals surface area contributed by atoms with Crippen molar-refractivity contribution in [2.75, 3.05) is 5.32 Å². The van der Waals surface area contributed by atoms with Crippen molar-refractivity contribution >= 4 is 22.3 Å². The molecule has 2 heterocycles. The number of ether oxygens (including phenoxy) is 1. The van der Waals surface area contributed by atoms with Gasteiger partial charge in [-0.05, 0) is 47.5 Å². The molecule has 0 aliphatic carbocycles. The van der Waals surface area contributed by atoms with Crippen molar-refractivity contribution in [1.82, 2.24) is 9.97 Å². The molecule has 5 aromatic rings. The number of rotatable bonds is 6. The third-order valence-electron chi connectivity index (χ3n) is 5.07. The van der Waals surface area contributed by atoms with Crippen LogP contribution in [-0.4, -0.2) is 9.97 Å². The van der Waals surface area contributed by atoms with Crippen LogP contribution in [0.15, 0.2) is 97.3 Å². The number of anilines is 2. The van der Waals surface area contributed by atoms with Gasteiger partial charge in [0.15, 0.2) is 0 Å². The standard InChI is InChI=1S/C26H20FN3O/c27-19-8-4-9-20(14-19)30-21-15-24(22-10-5-11-25-23(22)12-13-28-25)26(29-16-21)31-17-18-6-2-1-3-7-18/h1-16,28,30H,17H2. The van der Waals surface area contributed by atoms with Gasteiger partial charge in [-0.25, -0.2) is 9.37 Å². The highest BCUT2D eigenvalue weighted by atomic mass is 19.1. The van der Waals surface area contributed by atoms with Gasteiger partial charge in [-0.3, -0.25) is 0 Å². The molecule has 0 aliphatic heterocycles. The normalized spacial score (nSPS) is 10.9. The van der Waals surface area contributed by atoms with E-state index in [4.69, 9.17) is 4.74 Å². The van der Waals surface area contributed by atoms with Crippen LogP contribution in [0.25, 0.3) is 22.0 Å². The van der Waals surface area contributed by atoms with E-state index in [0.29, 0.717) is 18.2 Å². The number of aromatic nitrogens is 2. The Morgan fingerprint density at radius 2 is 1.71 bits per heavy atom. The first kappa shape index (κ1) is 18.9. The van der Waals surface area contributed by atoms with Crippen molar-refractivity contribution in [1.29, 1.82) is 0 Å². The molecule has 5 heteroatoms. The third kappa shape index (κ3) is 4.12. The zero-order chi connectivity index (χ0) is 21.0. The number of H-pyrrole nitrogens is 1. The molecule has 5 rings (SSSR count). The van der Waals surface area contributed by atoms with E-state index in [2.05, 4.69) is 21.4 Å². The summed E-state index contributed by atoms with van der Waals surface area (Å²) in [6.45, 7) is 0.417. The van der Waals surface area contributed by atoms with Crippen LogP contribution in [0.2, 0.25) is 0 Å². The summed E-state index contributed by atoms with van der Waals surface area (Å²) < 4.78 is 19.7. The molecule has 0 radical (unpaired) electrons. The molecule has 2 N–H and O–H groups in total. The van der Waals surface area contributed by atoms with Crippen molar-refractivity contribution in [3.63, 3.8) is 0 Å². The lowest BCUT2D eigenvalue weighted by Gasteiger charge is -2.14. The fourth-order valence-corrected chi connectivity index (χ4v) is 3.61. The molecule has 0 aliphatic rings. The van der Waals surface area contributed by atoms with E-state index in [0.717, 1.165) is 33.3 Å². The lowest BCUT2D eigenvalue weighted by molar-refractivity contribution is 0.295. The first-order valence-corrected chi connectivity index (χ1v) is 10.0. The number of fused-ring (bicyclic) bond motifs is 1. The Balaban J connectivity index is 1.54. The largest absolute Gasteiger partial charge is 0.472 e. The Bertz CT molecular complexity index is 1330. The molecule has 0 fully saturated rings. The Hall–Kier alpha value is -4.12. The highest BCUT2D eigenvalue weighted by Gasteiger charge is 2.14. The molecule has 0 spiro atoms. The number of nitrogens with zero attached hydrogens (tertiary/aromatic N) is 1. The summed E-state index contributed by atoms with van der Waals surface area (Å²) in [5.41, 5.74) is 5.39. The molecular weight excluding hydrogens is 389 g/mol. The predicted octanol–water partition coefficient (Wildman–Crippen LogP) is 6.69. The number of hydrogen-bond acceptors (Lipinski definition) is 3. The van der Waals surface area contributed by atoms with E-state index < -0.39 is 0 Å². The fraction of sp³-hybridized carbons (Fsp3) is 0.0385. The summed E-state index contributed by atoms with van der Waals surface area (Å²) in [6.07, 6.45) is 3.62. The minimum Gasteiger partial charge on any atom is -0.472 e. The number of nitrogens with one attached hydrogen (secondary N) is 2. The summed E-state index contributed by atoms with van der Waals surface area (Å²) >= 11 is 0. The minimum absolute atomic E-state index is 0.293. The van der Waals surface area contributed by atoms with Crippen LogP contribution in [0.1, 0.15) is 5.56 Å². The van der Waals surface area contributed by atoms with E-state index >= 15 is 0 Å². The van der Waals surface area contributed by atoms with E-state index in [-0.39, 0.29) is 5.82 Å². The van der Waals surface area contributed by atoms with Crippen LogP contribution < -0.4 is 10.1 Å². The van der Waals surface area contributed by atoms with E-state index in [1.807, 2.05) is 66.9 Å². The minimum atomic E-state index is -0.293. The van der Waals surface area contributed by atoms with Gasteiger partial charge >= 0.3 is 0 Å². The van der Waals surface area contributed by atoms with Crippen LogP contribution in [0.3, 0.4) is 0 Å². The molecule has 152 valence electrons. The molecule has 0 atom stereocenters. The Morgan fingerprint density at radius 1 is 0.839 bits per heavy atom. The van der Waals surface area contributed by atoms with Gasteiger partial charge in [0, 0.05) is 28.4 Å². The van der Waals surface area contributed by atoms with Crippen molar-refractivity contribution in [3.05, 3.63) is 109 Å². The summed E-state index contributed by atoms with van der Waals surface area (Å²) in [6, 6.07) is 26.5. The quantitative estimate of drug-likeness (QED) is 0.328. The third-order valence-corrected chi connectivity index (χ3v) is 5.07. The maximum absolute atomic E-state index is 13.6. The second-order valence-corrected chi connectivity index (χ2v) is 7.23. The number of pyridine rings is 1. The molecule has 4 nitrogen and oxygen atoms in total. The van der Waals surface area contributed by atoms with Gasteiger partial charge in [0.1, 0.15) is 12.4 Å². The smallest absolute Gasteiger partial charge is 0.221 e. The van der Waals surface area contributed by atoms with Gasteiger partial charge in [0.2, 0.25) is 5.88 Å². The molecule has 31 heavy (non-hydrogen) atoms. The maximum atomic E-state index is 13.6. The lowest BCUT2D eigenvalue weighted by Crippen LogP contribution is -2.01. The molecule has 0 bridgehead atoms. The lowest BCUT2D eigenvalue weighted by atomic mass is 10.0. The van der Waals surface area contributed by atoms with Crippen molar-refractivity contribution in [3.8, 4) is 17.0 Å². The number of halogens is 1. The summed E-state index contributed by atoms with van der Waals surface area (Å²) in [7, 11) is 0. The number of hydrogen-bond donors (Lipinski definition) is 2. The van der Waals surface area contributed by atoms with Gasteiger partial charge in [-0.1, -0.05) is 48.5 Å². The van der Waals surface area contributed by atoms with Crippen molar-refractivity contribution in [2.24, 2.45) is 0 Å². The summed E-state index contributed by atoms with van der Waals surface area (Å²) in [4.78, 5) is 7.84. The number of benzene rings is 3. The van der Waals surface area contributed by atoms with Crippen LogP contribution in [0.5, 0.6) is 5.88 Å². The zero-order valence-electron chi connectivity index (χ0n) is 16.7. The first-order valence-electron chi connectivity index (χ1n) is 10.0. The zero-order valence-corrected chi connectivity index (χ0v) is 16.7. The molecule has 0 amide bonds. The van der Waals surface area contributed by atoms with Crippen LogP contribution >= 0.6 is 0 Å². The summed E-state index contributed by atoms with van der Waals surface area (Å²) in [5.74, 6) is 0.250. The molecule has 0 saturated heterocycles. The van der Waals surface area contributed by atoms with Crippen LogP contribution in [-0.2, 0) is 6.61 Å². The van der Waals surface area contributed by atoms with Gasteiger partial charge in [0.25, 0.3) is 0 Å². The first-order chi connectivity index (χ1) is 15.3. The predicted molar refractivity (Wildman–Crippen MR) is 122 cm³/mol. The SMILES string of the molecule is Fc1cccc(Nc2cnc(OCc3ccccc3)c(-c3cccc4[nH]ccc34)c2)c1. The summed E-state index contributed by atoms with van der Waals surface area (Å²) in [5, 5.41) is 4.31. The fourth-order valence-electron chi connectivity index (χ4n) is 3.61. The highest BCUT2D eigenvalue weighted by molar-refractivity contribution is 5.96. The van der Waals surface area contributed by atoms with Crippen LogP contribution in [0, 0.1) is 5.82 Å². The molecular formula is C26H20FN3O. The second-order valence-electron chi connectivity index (χ2n) is 7.23. The molecule has 3 aromatic carbocycles. The Labute approximate surface area is 179 Å². The van der Waals surface area contributed by atoms with Gasteiger partial charge in [-0.15, -0.1) is 0 Å². The second kappa shape index (κ2) is 8.32. The Morgan fingerprint density at radius 3 is 2.58 bits per heavy atom. The number of aromatic amines is 1. The van der Waals surface area contributed by atoms with Crippen LogP contribution in [0.4, 0.5) is 15.8 Å². The topological polar surface area (TPSA) is 49.9 Å². The highest BCUT2D eigenvalue weighted by Crippen LogP contribution is 2.36. The van der Waals surface area contributed by atoms with E-state index in [1.54, 1.807) is 12.3 Å². The average Bonchev–Trinajstić information content (AvgIpc) is 3.28. The van der Waals surface area contributed by atoms with E-state index in [9.17, 15) is 4.39 Å². The van der Waals surface area contributed by atoms with Crippen molar-refractivity contribution < 1.29 is 9.13 Å². The van der Waals surface area contributed by atoms with E-state index in [1.165, 1.54) is 12.1 Å².